The minimum atomic E-state index is -0.622. The van der Waals surface area contributed by atoms with E-state index in [4.69, 9.17) is 16.3 Å². The van der Waals surface area contributed by atoms with Gasteiger partial charge in [0.15, 0.2) is 0 Å². The Balaban J connectivity index is 2.06. The average molecular weight is 335 g/mol. The molecule has 6 heteroatoms. The smallest absolute Gasteiger partial charge is 0.259 e. The standard InChI is InChI=1S/C17H19ClN2O3/c1-23-16-8-3-2-7-15(16)17(22)20-13-6-4-5-12(9-13)19-11-14(21)10-18/h2-9,14,19,21H,10-11H2,1H3,(H,20,22). The first-order valence-electron chi connectivity index (χ1n) is 7.16. The van der Waals surface area contributed by atoms with Crippen molar-refractivity contribution in [3.63, 3.8) is 0 Å². The van der Waals surface area contributed by atoms with E-state index in [0.29, 0.717) is 23.5 Å². The maximum atomic E-state index is 12.3. The number of anilines is 2. The number of amides is 1. The summed E-state index contributed by atoms with van der Waals surface area (Å²) >= 11 is 5.56. The number of alkyl halides is 1. The Labute approximate surface area is 140 Å². The molecule has 0 bridgehead atoms. The van der Waals surface area contributed by atoms with Gasteiger partial charge in [0.2, 0.25) is 0 Å². The molecule has 3 N–H and O–H groups in total. The van der Waals surface area contributed by atoms with Gasteiger partial charge in [-0.25, -0.2) is 0 Å². The third-order valence-corrected chi connectivity index (χ3v) is 3.55. The lowest BCUT2D eigenvalue weighted by molar-refractivity contribution is 0.102. The number of rotatable bonds is 7. The van der Waals surface area contributed by atoms with Crippen molar-refractivity contribution in [1.29, 1.82) is 0 Å². The number of halogens is 1. The molecule has 2 aromatic rings. The van der Waals surface area contributed by atoms with Crippen LogP contribution in [-0.2, 0) is 0 Å². The lowest BCUT2D eigenvalue weighted by Gasteiger charge is -2.12. The molecule has 2 rings (SSSR count). The fourth-order valence-electron chi connectivity index (χ4n) is 2.03. The molecule has 0 saturated heterocycles. The van der Waals surface area contributed by atoms with Crippen molar-refractivity contribution in [3.8, 4) is 5.75 Å². The van der Waals surface area contributed by atoms with Gasteiger partial charge < -0.3 is 20.5 Å². The molecule has 0 aliphatic carbocycles. The van der Waals surface area contributed by atoms with Gasteiger partial charge in [-0.15, -0.1) is 11.6 Å². The van der Waals surface area contributed by atoms with E-state index in [9.17, 15) is 9.90 Å². The van der Waals surface area contributed by atoms with Gasteiger partial charge in [-0.3, -0.25) is 4.79 Å². The first-order valence-corrected chi connectivity index (χ1v) is 7.70. The van der Waals surface area contributed by atoms with Gasteiger partial charge in [0.1, 0.15) is 5.75 Å². The van der Waals surface area contributed by atoms with Gasteiger partial charge >= 0.3 is 0 Å². The highest BCUT2D eigenvalue weighted by atomic mass is 35.5. The molecule has 1 unspecified atom stereocenters. The normalized spacial score (nSPS) is 11.6. The maximum Gasteiger partial charge on any atom is 0.259 e. The summed E-state index contributed by atoms with van der Waals surface area (Å²) in [4.78, 5) is 12.3. The van der Waals surface area contributed by atoms with Gasteiger partial charge in [0.05, 0.1) is 24.7 Å². The Bertz CT molecular complexity index is 664. The van der Waals surface area contributed by atoms with Crippen molar-refractivity contribution in [2.45, 2.75) is 6.10 Å². The molecule has 0 saturated carbocycles. The summed E-state index contributed by atoms with van der Waals surface area (Å²) in [6.45, 7) is 0.341. The molecule has 0 spiro atoms. The Morgan fingerprint density at radius 2 is 1.96 bits per heavy atom. The summed E-state index contributed by atoms with van der Waals surface area (Å²) in [6, 6.07) is 14.3. The topological polar surface area (TPSA) is 70.6 Å². The number of aliphatic hydroxyl groups excluding tert-OH is 1. The predicted molar refractivity (Wildman–Crippen MR) is 92.6 cm³/mol. The molecule has 0 fully saturated rings. The zero-order chi connectivity index (χ0) is 16.7. The first kappa shape index (κ1) is 17.1. The molecule has 0 radical (unpaired) electrons. The van der Waals surface area contributed by atoms with Crippen molar-refractivity contribution in [3.05, 3.63) is 54.1 Å². The van der Waals surface area contributed by atoms with Crippen LogP contribution < -0.4 is 15.4 Å². The molecule has 0 aliphatic heterocycles. The van der Waals surface area contributed by atoms with Crippen LogP contribution in [0.5, 0.6) is 5.75 Å². The van der Waals surface area contributed by atoms with E-state index in [1.807, 2.05) is 18.2 Å². The summed E-state index contributed by atoms with van der Waals surface area (Å²) in [5.41, 5.74) is 1.89. The number of benzene rings is 2. The number of carbonyl (C=O) groups is 1. The van der Waals surface area contributed by atoms with Crippen LogP contribution in [0.1, 0.15) is 10.4 Å². The van der Waals surface area contributed by atoms with Crippen molar-refractivity contribution in [1.82, 2.24) is 0 Å². The summed E-state index contributed by atoms with van der Waals surface area (Å²) in [7, 11) is 1.53. The number of para-hydroxylation sites is 1. The van der Waals surface area contributed by atoms with Gasteiger partial charge in [-0.1, -0.05) is 18.2 Å². The van der Waals surface area contributed by atoms with Crippen molar-refractivity contribution in [2.24, 2.45) is 0 Å². The Kier molecular flexibility index (Phi) is 6.26. The maximum absolute atomic E-state index is 12.3. The van der Waals surface area contributed by atoms with E-state index in [1.54, 1.807) is 30.3 Å². The molecule has 1 atom stereocenters. The highest BCUT2D eigenvalue weighted by Gasteiger charge is 2.11. The number of nitrogens with one attached hydrogen (secondary N) is 2. The number of aliphatic hydroxyl groups is 1. The van der Waals surface area contributed by atoms with Gasteiger partial charge in [-0.05, 0) is 30.3 Å². The second-order valence-corrected chi connectivity index (χ2v) is 5.23. The third-order valence-electron chi connectivity index (χ3n) is 3.19. The molecule has 0 aliphatic rings. The highest BCUT2D eigenvalue weighted by Crippen LogP contribution is 2.20. The average Bonchev–Trinajstić information content (AvgIpc) is 2.59. The van der Waals surface area contributed by atoms with E-state index >= 15 is 0 Å². The van der Waals surface area contributed by atoms with Crippen LogP contribution >= 0.6 is 11.6 Å². The van der Waals surface area contributed by atoms with Gasteiger partial charge in [0, 0.05) is 17.9 Å². The van der Waals surface area contributed by atoms with Gasteiger partial charge in [-0.2, -0.15) is 0 Å². The number of hydrogen-bond acceptors (Lipinski definition) is 4. The number of carbonyl (C=O) groups excluding carboxylic acids is 1. The SMILES string of the molecule is COc1ccccc1C(=O)Nc1cccc(NCC(O)CCl)c1. The van der Waals surface area contributed by atoms with Crippen LogP contribution in [0.15, 0.2) is 48.5 Å². The molecular formula is C17H19ClN2O3. The number of methoxy groups -OCH3 is 1. The minimum Gasteiger partial charge on any atom is -0.496 e. The van der Waals surface area contributed by atoms with E-state index in [-0.39, 0.29) is 11.8 Å². The Hall–Kier alpha value is -2.24. The molecule has 2 aromatic carbocycles. The fourth-order valence-corrected chi connectivity index (χ4v) is 2.14. The summed E-state index contributed by atoms with van der Waals surface area (Å²) in [6.07, 6.45) is -0.622. The second kappa shape index (κ2) is 8.41. The third kappa shape index (κ3) is 4.87. The van der Waals surface area contributed by atoms with Crippen LogP contribution in [0, 0.1) is 0 Å². The molecule has 0 heterocycles. The van der Waals surface area contributed by atoms with Crippen LogP contribution in [0.3, 0.4) is 0 Å². The van der Waals surface area contributed by atoms with Crippen LogP contribution in [0.2, 0.25) is 0 Å². The largest absolute Gasteiger partial charge is 0.496 e. The van der Waals surface area contributed by atoms with E-state index < -0.39 is 6.10 Å². The van der Waals surface area contributed by atoms with Crippen molar-refractivity contribution in [2.75, 3.05) is 30.2 Å². The zero-order valence-electron chi connectivity index (χ0n) is 12.8. The lowest BCUT2D eigenvalue weighted by Crippen LogP contribution is -2.20. The molecule has 23 heavy (non-hydrogen) atoms. The Morgan fingerprint density at radius 1 is 1.22 bits per heavy atom. The van der Waals surface area contributed by atoms with Crippen LogP contribution in [-0.4, -0.2) is 36.7 Å². The molecule has 5 nitrogen and oxygen atoms in total. The summed E-state index contributed by atoms with van der Waals surface area (Å²) in [5, 5.41) is 15.4. The second-order valence-electron chi connectivity index (χ2n) is 4.92. The van der Waals surface area contributed by atoms with E-state index in [2.05, 4.69) is 10.6 Å². The fraction of sp³-hybridized carbons (Fsp3) is 0.235. The molecule has 1 amide bonds. The highest BCUT2D eigenvalue weighted by molar-refractivity contribution is 6.18. The van der Waals surface area contributed by atoms with Crippen LogP contribution in [0.4, 0.5) is 11.4 Å². The number of ether oxygens (including phenoxy) is 1. The van der Waals surface area contributed by atoms with Crippen molar-refractivity contribution >= 4 is 28.9 Å². The summed E-state index contributed by atoms with van der Waals surface area (Å²) < 4.78 is 5.19. The lowest BCUT2D eigenvalue weighted by atomic mass is 10.2. The van der Waals surface area contributed by atoms with Gasteiger partial charge in [0.25, 0.3) is 5.91 Å². The monoisotopic (exact) mass is 334 g/mol. The molecule has 122 valence electrons. The Morgan fingerprint density at radius 3 is 2.70 bits per heavy atom. The summed E-state index contributed by atoms with van der Waals surface area (Å²) in [5.74, 6) is 0.432. The zero-order valence-corrected chi connectivity index (χ0v) is 13.5. The molecular weight excluding hydrogens is 316 g/mol. The van der Waals surface area contributed by atoms with E-state index in [1.165, 1.54) is 7.11 Å². The first-order chi connectivity index (χ1) is 11.1. The predicted octanol–water partition coefficient (Wildman–Crippen LogP) is 2.96. The quantitative estimate of drug-likeness (QED) is 0.681. The van der Waals surface area contributed by atoms with Crippen LogP contribution in [0.25, 0.3) is 0 Å². The molecule has 0 aromatic heterocycles. The van der Waals surface area contributed by atoms with Crippen molar-refractivity contribution < 1.29 is 14.6 Å². The number of hydrogen-bond donors (Lipinski definition) is 3. The minimum absolute atomic E-state index is 0.164. The van der Waals surface area contributed by atoms with E-state index in [0.717, 1.165) is 5.69 Å².